The Hall–Kier alpha value is -3.68. The third-order valence-corrected chi connectivity index (χ3v) is 5.62. The lowest BCUT2D eigenvalue weighted by molar-refractivity contribution is -0.134. The number of hydrogen-bond acceptors (Lipinski definition) is 5. The van der Waals surface area contributed by atoms with E-state index in [1.165, 1.54) is 6.33 Å². The Labute approximate surface area is 181 Å². The van der Waals surface area contributed by atoms with Crippen molar-refractivity contribution in [2.45, 2.75) is 25.8 Å². The van der Waals surface area contributed by atoms with Crippen molar-refractivity contribution >= 4 is 17.5 Å². The van der Waals surface area contributed by atoms with Crippen LogP contribution < -0.4 is 9.64 Å². The van der Waals surface area contributed by atoms with Gasteiger partial charge < -0.3 is 14.5 Å². The van der Waals surface area contributed by atoms with Crippen LogP contribution >= 0.6 is 0 Å². The molecule has 0 aliphatic carbocycles. The lowest BCUT2D eigenvalue weighted by atomic mass is 10.1. The summed E-state index contributed by atoms with van der Waals surface area (Å²) in [4.78, 5) is 31.9. The Morgan fingerprint density at radius 1 is 1.13 bits per heavy atom. The second kappa shape index (κ2) is 8.99. The molecule has 2 aromatic carbocycles. The molecule has 1 aromatic heterocycles. The summed E-state index contributed by atoms with van der Waals surface area (Å²) in [6.45, 7) is 2.67. The number of anilines is 1. The molecule has 1 aliphatic rings. The molecule has 0 spiro atoms. The molecule has 0 bridgehead atoms. The quantitative estimate of drug-likeness (QED) is 0.588. The molecule has 0 unspecified atom stereocenters. The molecule has 1 saturated heterocycles. The average Bonchev–Trinajstić information content (AvgIpc) is 3.49. The van der Waals surface area contributed by atoms with E-state index in [1.807, 2.05) is 43.3 Å². The summed E-state index contributed by atoms with van der Waals surface area (Å²) in [6, 6.07) is 15.0. The Bertz CT molecular complexity index is 1030. The molecule has 1 fully saturated rings. The van der Waals surface area contributed by atoms with Gasteiger partial charge in [0.25, 0.3) is 5.91 Å². The van der Waals surface area contributed by atoms with Gasteiger partial charge in [0, 0.05) is 25.7 Å². The van der Waals surface area contributed by atoms with Crippen LogP contribution in [0.2, 0.25) is 0 Å². The summed E-state index contributed by atoms with van der Waals surface area (Å²) < 4.78 is 7.36. The molecule has 1 aliphatic heterocycles. The van der Waals surface area contributed by atoms with Gasteiger partial charge >= 0.3 is 0 Å². The smallest absolute Gasteiger partial charge is 0.260 e. The summed E-state index contributed by atoms with van der Waals surface area (Å²) in [7, 11) is 1.77. The van der Waals surface area contributed by atoms with E-state index in [4.69, 9.17) is 4.74 Å². The number of ether oxygens (including phenoxy) is 1. The Balaban J connectivity index is 1.32. The van der Waals surface area contributed by atoms with Gasteiger partial charge in [0.2, 0.25) is 5.91 Å². The van der Waals surface area contributed by atoms with Crippen LogP contribution in [0.25, 0.3) is 5.69 Å². The fraction of sp³-hybridized carbons (Fsp3) is 0.304. The molecular formula is C23H25N5O3. The van der Waals surface area contributed by atoms with Gasteiger partial charge in [0.15, 0.2) is 6.61 Å². The lowest BCUT2D eigenvalue weighted by Crippen LogP contribution is -2.33. The number of rotatable bonds is 7. The molecule has 8 nitrogen and oxygen atoms in total. The molecule has 2 heterocycles. The number of hydrogen-bond donors (Lipinski definition) is 0. The van der Waals surface area contributed by atoms with Gasteiger partial charge in [-0.2, -0.15) is 5.10 Å². The monoisotopic (exact) mass is 419 g/mol. The first kappa shape index (κ1) is 20.6. The van der Waals surface area contributed by atoms with E-state index < -0.39 is 0 Å². The fourth-order valence-corrected chi connectivity index (χ4v) is 3.58. The van der Waals surface area contributed by atoms with Crippen LogP contribution in [-0.4, -0.2) is 51.7 Å². The maximum absolute atomic E-state index is 12.6. The van der Waals surface area contributed by atoms with E-state index in [2.05, 4.69) is 10.1 Å². The van der Waals surface area contributed by atoms with E-state index in [0.29, 0.717) is 12.2 Å². The zero-order valence-electron chi connectivity index (χ0n) is 17.6. The molecule has 0 N–H and O–H groups in total. The first-order valence-electron chi connectivity index (χ1n) is 10.3. The fourth-order valence-electron chi connectivity index (χ4n) is 3.58. The number of likely N-dealkylation sites (N-methyl/N-ethyl adjacent to an activating group) is 1. The largest absolute Gasteiger partial charge is 0.484 e. The maximum atomic E-state index is 12.6. The van der Waals surface area contributed by atoms with Gasteiger partial charge in [-0.15, -0.1) is 0 Å². The second-order valence-electron chi connectivity index (χ2n) is 7.54. The molecule has 0 radical (unpaired) electrons. The van der Waals surface area contributed by atoms with Crippen LogP contribution in [0.1, 0.15) is 31.4 Å². The summed E-state index contributed by atoms with van der Waals surface area (Å²) in [5.74, 6) is 0.627. The highest BCUT2D eigenvalue weighted by atomic mass is 16.5. The van der Waals surface area contributed by atoms with E-state index in [9.17, 15) is 9.59 Å². The van der Waals surface area contributed by atoms with Crippen molar-refractivity contribution < 1.29 is 14.3 Å². The average molecular weight is 419 g/mol. The number of aromatic nitrogens is 3. The van der Waals surface area contributed by atoms with Crippen molar-refractivity contribution in [3.63, 3.8) is 0 Å². The zero-order valence-corrected chi connectivity index (χ0v) is 17.6. The third kappa shape index (κ3) is 4.58. The highest BCUT2D eigenvalue weighted by molar-refractivity contribution is 5.95. The van der Waals surface area contributed by atoms with Gasteiger partial charge in [-0.1, -0.05) is 12.1 Å². The van der Waals surface area contributed by atoms with Crippen molar-refractivity contribution in [2.24, 2.45) is 0 Å². The van der Waals surface area contributed by atoms with E-state index >= 15 is 0 Å². The highest BCUT2D eigenvalue weighted by Crippen LogP contribution is 2.24. The van der Waals surface area contributed by atoms with Crippen LogP contribution in [0.5, 0.6) is 5.75 Å². The summed E-state index contributed by atoms with van der Waals surface area (Å²) in [6.07, 6.45) is 4.61. The number of amides is 2. The Morgan fingerprint density at radius 3 is 2.45 bits per heavy atom. The van der Waals surface area contributed by atoms with Crippen molar-refractivity contribution in [3.8, 4) is 11.4 Å². The molecule has 2 amide bonds. The predicted molar refractivity (Wildman–Crippen MR) is 116 cm³/mol. The van der Waals surface area contributed by atoms with Crippen molar-refractivity contribution in [2.75, 3.05) is 25.1 Å². The number of carbonyl (C=O) groups excluding carboxylic acids is 2. The maximum Gasteiger partial charge on any atom is 0.260 e. The van der Waals surface area contributed by atoms with Gasteiger partial charge in [0.05, 0.1) is 11.7 Å². The minimum Gasteiger partial charge on any atom is -0.484 e. The first-order valence-corrected chi connectivity index (χ1v) is 10.3. The van der Waals surface area contributed by atoms with Crippen molar-refractivity contribution in [1.29, 1.82) is 0 Å². The molecule has 8 heteroatoms. The minimum atomic E-state index is -0.119. The SMILES string of the molecule is C[C@H](c1ccc(-n2cncn2)cc1)N(C)C(=O)COc1ccc(N2CCCC2=O)cc1. The van der Waals surface area contributed by atoms with Gasteiger partial charge in [-0.3, -0.25) is 9.59 Å². The molecule has 3 aromatic rings. The van der Waals surface area contributed by atoms with E-state index in [0.717, 1.165) is 29.9 Å². The van der Waals surface area contributed by atoms with Gasteiger partial charge in [-0.05, 0) is 55.3 Å². The number of carbonyl (C=O) groups is 2. The minimum absolute atomic E-state index is 0.0557. The first-order chi connectivity index (χ1) is 15.0. The topological polar surface area (TPSA) is 80.6 Å². The molecule has 4 rings (SSSR count). The third-order valence-electron chi connectivity index (χ3n) is 5.62. The standard InChI is InChI=1S/C23H25N5O3/c1-17(18-5-7-20(8-6-18)28-16-24-15-25-28)26(2)23(30)14-31-21-11-9-19(10-12-21)27-13-3-4-22(27)29/h5-12,15-17H,3-4,13-14H2,1-2H3/t17-/m1/s1. The summed E-state index contributed by atoms with van der Waals surface area (Å²) >= 11 is 0. The summed E-state index contributed by atoms with van der Waals surface area (Å²) in [5, 5.41) is 4.11. The van der Waals surface area contributed by atoms with Crippen molar-refractivity contribution in [1.82, 2.24) is 19.7 Å². The number of benzene rings is 2. The predicted octanol–water partition coefficient (Wildman–Crippen LogP) is 2.99. The lowest BCUT2D eigenvalue weighted by Gasteiger charge is -2.25. The van der Waals surface area contributed by atoms with Crippen LogP contribution in [0.3, 0.4) is 0 Å². The molecule has 31 heavy (non-hydrogen) atoms. The van der Waals surface area contributed by atoms with Gasteiger partial charge in [-0.25, -0.2) is 9.67 Å². The summed E-state index contributed by atoms with van der Waals surface area (Å²) in [5.41, 5.74) is 2.78. The van der Waals surface area contributed by atoms with Crippen molar-refractivity contribution in [3.05, 3.63) is 66.7 Å². The normalized spacial score (nSPS) is 14.5. The molecule has 0 saturated carbocycles. The number of nitrogens with zero attached hydrogens (tertiary/aromatic N) is 5. The van der Waals surface area contributed by atoms with Crippen LogP contribution in [0, 0.1) is 0 Å². The van der Waals surface area contributed by atoms with Crippen LogP contribution in [0.15, 0.2) is 61.2 Å². The van der Waals surface area contributed by atoms with Crippen LogP contribution in [0.4, 0.5) is 5.69 Å². The zero-order chi connectivity index (χ0) is 21.8. The molecular weight excluding hydrogens is 394 g/mol. The molecule has 1 atom stereocenters. The van der Waals surface area contributed by atoms with Crippen LogP contribution in [-0.2, 0) is 9.59 Å². The molecule has 160 valence electrons. The van der Waals surface area contributed by atoms with E-state index in [-0.39, 0.29) is 24.5 Å². The van der Waals surface area contributed by atoms with E-state index in [1.54, 1.807) is 40.0 Å². The Kier molecular flexibility index (Phi) is 5.97. The highest BCUT2D eigenvalue weighted by Gasteiger charge is 2.22. The van der Waals surface area contributed by atoms with Gasteiger partial charge in [0.1, 0.15) is 18.4 Å². The Morgan fingerprint density at radius 2 is 1.84 bits per heavy atom. The second-order valence-corrected chi connectivity index (χ2v) is 7.54.